The Balaban J connectivity index is 3.44. The quantitative estimate of drug-likeness (QED) is 0.184. The molecule has 0 amide bonds. The normalized spacial score (nSPS) is 15.7. The van der Waals surface area contributed by atoms with Gasteiger partial charge in [0.25, 0.3) is 0 Å². The van der Waals surface area contributed by atoms with Crippen LogP contribution in [0.25, 0.3) is 6.08 Å². The molecule has 0 saturated heterocycles. The first-order valence-electron chi connectivity index (χ1n) is 8.36. The number of alkyl halides is 17. The summed E-state index contributed by atoms with van der Waals surface area (Å²) in [5.41, 5.74) is -0.0396. The van der Waals surface area contributed by atoms with Gasteiger partial charge in [-0.3, -0.25) is 0 Å². The fraction of sp³-hybridized carbons (Fsp3) is 0.529. The zero-order valence-corrected chi connectivity index (χ0v) is 18.1. The number of hydrogen-bond donors (Lipinski definition) is 0. The molecular formula is C17H8F17I. The van der Waals surface area contributed by atoms with Crippen LogP contribution in [0.4, 0.5) is 74.6 Å². The first kappa shape index (κ1) is 31.5. The van der Waals surface area contributed by atoms with Crippen molar-refractivity contribution in [1.29, 1.82) is 0 Å². The molecule has 0 aliphatic carbocycles. The van der Waals surface area contributed by atoms with Crippen molar-refractivity contribution in [3.63, 3.8) is 0 Å². The van der Waals surface area contributed by atoms with Crippen LogP contribution in [-0.4, -0.2) is 47.6 Å². The summed E-state index contributed by atoms with van der Waals surface area (Å²) < 4.78 is 224. The summed E-state index contributed by atoms with van der Waals surface area (Å²) in [7, 11) is 0. The molecule has 1 aromatic rings. The Bertz CT molecular complexity index is 912. The third-order valence-corrected chi connectivity index (χ3v) is 5.06. The summed E-state index contributed by atoms with van der Waals surface area (Å²) in [5, 5.41) is 0. The molecule has 0 aliphatic heterocycles. The molecule has 1 aromatic carbocycles. The van der Waals surface area contributed by atoms with Gasteiger partial charge >= 0.3 is 47.6 Å². The molecule has 0 aromatic heterocycles. The molecule has 0 atom stereocenters. The minimum atomic E-state index is -8.61. The second-order valence-electron chi connectivity index (χ2n) is 6.81. The standard InChI is InChI=1S/C17H8F17I/c18-10(19,7-1-2-8-3-5-9(35)6-4-8)11(20,21)12(22,23)13(24,25)14(26,27)15(28,29)16(30,31)17(32,33)34/h1-6H,7H2/b2-1+. The summed E-state index contributed by atoms with van der Waals surface area (Å²) in [6.45, 7) is 0. The molecule has 0 aliphatic rings. The highest BCUT2D eigenvalue weighted by Gasteiger charge is 2.95. The van der Waals surface area contributed by atoms with Crippen LogP contribution in [0.15, 0.2) is 30.3 Å². The van der Waals surface area contributed by atoms with E-state index in [9.17, 15) is 74.6 Å². The number of allylic oxidation sites excluding steroid dienone is 1. The van der Waals surface area contributed by atoms with Crippen molar-refractivity contribution in [2.45, 2.75) is 54.1 Å². The summed E-state index contributed by atoms with van der Waals surface area (Å²) in [6, 6.07) is 5.00. The van der Waals surface area contributed by atoms with E-state index < -0.39 is 54.1 Å². The third kappa shape index (κ3) is 4.91. The Morgan fingerprint density at radius 1 is 0.514 bits per heavy atom. The fourth-order valence-corrected chi connectivity index (χ4v) is 2.60. The van der Waals surface area contributed by atoms with Gasteiger partial charge in [-0.25, -0.2) is 0 Å². The van der Waals surface area contributed by atoms with Crippen molar-refractivity contribution in [2.75, 3.05) is 0 Å². The highest BCUT2D eigenvalue weighted by molar-refractivity contribution is 14.1. The first-order chi connectivity index (χ1) is 15.2. The monoisotopic (exact) mass is 662 g/mol. The van der Waals surface area contributed by atoms with Crippen LogP contribution >= 0.6 is 22.6 Å². The number of halogens is 18. The molecule has 18 heteroatoms. The van der Waals surface area contributed by atoms with Crippen LogP contribution in [0.1, 0.15) is 12.0 Å². The summed E-state index contributed by atoms with van der Waals surface area (Å²) >= 11 is 1.77. The lowest BCUT2D eigenvalue weighted by Gasteiger charge is -2.42. The van der Waals surface area contributed by atoms with Crippen molar-refractivity contribution in [1.82, 2.24) is 0 Å². The molecular weight excluding hydrogens is 654 g/mol. The van der Waals surface area contributed by atoms with Crippen molar-refractivity contribution in [2.24, 2.45) is 0 Å². The summed E-state index contributed by atoms with van der Waals surface area (Å²) in [4.78, 5) is 0. The average molecular weight is 662 g/mol. The van der Waals surface area contributed by atoms with E-state index in [0.717, 1.165) is 0 Å². The number of benzene rings is 1. The molecule has 0 nitrogen and oxygen atoms in total. The first-order valence-corrected chi connectivity index (χ1v) is 9.44. The van der Waals surface area contributed by atoms with Crippen molar-refractivity contribution >= 4 is 28.7 Å². The van der Waals surface area contributed by atoms with Gasteiger partial charge in [0.2, 0.25) is 0 Å². The molecule has 35 heavy (non-hydrogen) atoms. The molecule has 0 fully saturated rings. The lowest BCUT2D eigenvalue weighted by Crippen LogP contribution is -2.74. The van der Waals surface area contributed by atoms with Gasteiger partial charge in [-0.2, -0.15) is 74.6 Å². The fourth-order valence-electron chi connectivity index (χ4n) is 2.24. The summed E-state index contributed by atoms with van der Waals surface area (Å²) in [6.07, 6.45) is -9.83. The van der Waals surface area contributed by atoms with E-state index in [1.54, 1.807) is 22.6 Å². The largest absolute Gasteiger partial charge is 0.460 e. The van der Waals surface area contributed by atoms with Gasteiger partial charge in [0, 0.05) is 9.99 Å². The number of rotatable bonds is 9. The second-order valence-corrected chi connectivity index (χ2v) is 8.05. The Morgan fingerprint density at radius 3 is 1.23 bits per heavy atom. The van der Waals surface area contributed by atoms with Crippen LogP contribution in [0.3, 0.4) is 0 Å². The average Bonchev–Trinajstić information content (AvgIpc) is 2.67. The Morgan fingerprint density at radius 2 is 0.857 bits per heavy atom. The van der Waals surface area contributed by atoms with Crippen LogP contribution in [0, 0.1) is 3.57 Å². The van der Waals surface area contributed by atoms with Crippen LogP contribution in [0.2, 0.25) is 0 Å². The van der Waals surface area contributed by atoms with Gasteiger partial charge in [-0.1, -0.05) is 24.3 Å². The predicted molar refractivity (Wildman–Crippen MR) is 93.5 cm³/mol. The van der Waals surface area contributed by atoms with Gasteiger partial charge in [-0.15, -0.1) is 0 Å². The van der Waals surface area contributed by atoms with E-state index in [1.807, 2.05) is 0 Å². The zero-order valence-electron chi connectivity index (χ0n) is 16.0. The predicted octanol–water partition coefficient (Wildman–Crippen LogP) is 8.70. The van der Waals surface area contributed by atoms with Crippen LogP contribution in [0.5, 0.6) is 0 Å². The van der Waals surface area contributed by atoms with E-state index >= 15 is 0 Å². The minimum absolute atomic E-state index is 0.0190. The van der Waals surface area contributed by atoms with Crippen molar-refractivity contribution in [3.8, 4) is 0 Å². The maximum Gasteiger partial charge on any atom is 0.460 e. The molecule has 0 bridgehead atoms. The molecule has 0 saturated carbocycles. The number of hydrogen-bond acceptors (Lipinski definition) is 0. The third-order valence-electron chi connectivity index (χ3n) is 4.34. The van der Waals surface area contributed by atoms with E-state index in [4.69, 9.17) is 0 Å². The van der Waals surface area contributed by atoms with Crippen molar-refractivity contribution in [3.05, 3.63) is 39.5 Å². The van der Waals surface area contributed by atoms with Gasteiger partial charge in [0.1, 0.15) is 0 Å². The SMILES string of the molecule is FC(F)(F)C(F)(F)C(F)(F)C(F)(F)C(F)(F)C(F)(F)C(F)(F)C(F)(F)C/C=C/c1ccc(I)cc1. The Labute approximate surface area is 197 Å². The topological polar surface area (TPSA) is 0 Å². The molecule has 0 unspecified atom stereocenters. The van der Waals surface area contributed by atoms with E-state index in [2.05, 4.69) is 0 Å². The maximum absolute atomic E-state index is 13.7. The Kier molecular flexibility index (Phi) is 8.21. The molecule has 1 rings (SSSR count). The lowest BCUT2D eigenvalue weighted by molar-refractivity contribution is -0.461. The maximum atomic E-state index is 13.7. The van der Waals surface area contributed by atoms with Crippen LogP contribution in [-0.2, 0) is 0 Å². The Hall–Kier alpha value is -1.50. The van der Waals surface area contributed by atoms with E-state index in [-0.39, 0.29) is 11.6 Å². The molecule has 0 radical (unpaired) electrons. The molecule has 0 heterocycles. The second kappa shape index (κ2) is 9.11. The zero-order chi connectivity index (χ0) is 28.1. The minimum Gasteiger partial charge on any atom is -0.199 e. The van der Waals surface area contributed by atoms with Gasteiger partial charge in [0.05, 0.1) is 0 Å². The smallest absolute Gasteiger partial charge is 0.199 e. The highest BCUT2D eigenvalue weighted by atomic mass is 127. The van der Waals surface area contributed by atoms with E-state index in [0.29, 0.717) is 9.65 Å². The molecule has 202 valence electrons. The summed E-state index contributed by atoms with van der Waals surface area (Å²) in [5.74, 6) is -56.2. The molecule has 0 N–H and O–H groups in total. The van der Waals surface area contributed by atoms with Crippen LogP contribution < -0.4 is 0 Å². The van der Waals surface area contributed by atoms with Gasteiger partial charge in [0.15, 0.2) is 0 Å². The highest BCUT2D eigenvalue weighted by Crippen LogP contribution is 2.64. The van der Waals surface area contributed by atoms with Crippen molar-refractivity contribution < 1.29 is 74.6 Å². The van der Waals surface area contributed by atoms with Gasteiger partial charge in [-0.05, 0) is 40.3 Å². The lowest BCUT2D eigenvalue weighted by atomic mass is 9.88. The molecule has 0 spiro atoms. The van der Waals surface area contributed by atoms with E-state index in [1.165, 1.54) is 24.3 Å². The van der Waals surface area contributed by atoms with Gasteiger partial charge < -0.3 is 0 Å².